The zero-order valence-electron chi connectivity index (χ0n) is 15.8. The molecule has 0 heterocycles. The molecule has 8 heteroatoms. The first-order chi connectivity index (χ1) is 13.6. The van der Waals surface area contributed by atoms with Crippen LogP contribution in [0.1, 0.15) is 17.5 Å². The van der Waals surface area contributed by atoms with E-state index in [0.29, 0.717) is 5.56 Å². The number of aliphatic hydroxyl groups is 1. The molecule has 0 saturated heterocycles. The van der Waals surface area contributed by atoms with Crippen LogP contribution in [-0.2, 0) is 6.54 Å². The van der Waals surface area contributed by atoms with Gasteiger partial charge in [-0.2, -0.15) is 13.2 Å². The van der Waals surface area contributed by atoms with Gasteiger partial charge < -0.3 is 10.2 Å². The Morgan fingerprint density at radius 3 is 2.24 bits per heavy atom. The van der Waals surface area contributed by atoms with Crippen LogP contribution >= 0.6 is 11.8 Å². The summed E-state index contributed by atoms with van der Waals surface area (Å²) in [5.41, 5.74) is 1.22. The molecular weight excluding hydrogens is 403 g/mol. The molecule has 2 N–H and O–H groups in total. The fourth-order valence-corrected chi connectivity index (χ4v) is 4.13. The SMILES string of the molecule is C=CC[C@@H](O)[C@](Sc1ccc(C)cc1)(N(Cc1ccccc1)C(=O)O)C(F)(F)F. The van der Waals surface area contributed by atoms with Gasteiger partial charge in [-0.15, -0.1) is 6.58 Å². The van der Waals surface area contributed by atoms with E-state index in [4.69, 9.17) is 0 Å². The molecular formula is C21H22F3NO3S. The monoisotopic (exact) mass is 425 g/mol. The van der Waals surface area contributed by atoms with Crippen molar-refractivity contribution in [2.24, 2.45) is 0 Å². The van der Waals surface area contributed by atoms with Crippen molar-refractivity contribution >= 4 is 17.9 Å². The van der Waals surface area contributed by atoms with Gasteiger partial charge >= 0.3 is 12.3 Å². The first kappa shape index (κ1) is 22.8. The van der Waals surface area contributed by atoms with E-state index >= 15 is 0 Å². The number of nitrogens with zero attached hydrogens (tertiary/aromatic N) is 1. The molecule has 0 aliphatic carbocycles. The van der Waals surface area contributed by atoms with Crippen LogP contribution in [0.15, 0.2) is 72.1 Å². The Labute approximate surface area is 171 Å². The van der Waals surface area contributed by atoms with Gasteiger partial charge in [0, 0.05) is 4.90 Å². The molecule has 2 aromatic carbocycles. The summed E-state index contributed by atoms with van der Waals surface area (Å²) in [6.45, 7) is 4.65. The lowest BCUT2D eigenvalue weighted by Crippen LogP contribution is -2.64. The van der Waals surface area contributed by atoms with Crippen molar-refractivity contribution in [2.75, 3.05) is 0 Å². The Kier molecular flexibility index (Phi) is 7.37. The molecule has 0 aliphatic heterocycles. The van der Waals surface area contributed by atoms with E-state index in [2.05, 4.69) is 6.58 Å². The summed E-state index contributed by atoms with van der Waals surface area (Å²) in [5.74, 6) is 0. The lowest BCUT2D eigenvalue weighted by atomic mass is 10.0. The quantitative estimate of drug-likeness (QED) is 0.335. The van der Waals surface area contributed by atoms with Crippen LogP contribution in [0.3, 0.4) is 0 Å². The van der Waals surface area contributed by atoms with E-state index < -0.39 is 36.2 Å². The van der Waals surface area contributed by atoms with Gasteiger partial charge in [-0.05, 0) is 31.0 Å². The van der Waals surface area contributed by atoms with Gasteiger partial charge in [-0.25, -0.2) is 4.79 Å². The van der Waals surface area contributed by atoms with Gasteiger partial charge in [0.05, 0.1) is 12.6 Å². The molecule has 0 unspecified atom stereocenters. The van der Waals surface area contributed by atoms with Crippen molar-refractivity contribution in [3.05, 3.63) is 78.4 Å². The van der Waals surface area contributed by atoms with Gasteiger partial charge in [0.15, 0.2) is 0 Å². The number of thioether (sulfide) groups is 1. The number of rotatable bonds is 8. The molecule has 0 bridgehead atoms. The largest absolute Gasteiger partial charge is 0.465 e. The second-order valence-corrected chi connectivity index (χ2v) is 7.80. The molecule has 0 aromatic heterocycles. The predicted molar refractivity (Wildman–Crippen MR) is 107 cm³/mol. The molecule has 0 radical (unpaired) electrons. The lowest BCUT2D eigenvalue weighted by molar-refractivity contribution is -0.218. The maximum Gasteiger partial charge on any atom is 0.424 e. The highest BCUT2D eigenvalue weighted by atomic mass is 32.2. The second kappa shape index (κ2) is 9.37. The Hall–Kier alpha value is -2.45. The molecule has 0 spiro atoms. The molecule has 2 aromatic rings. The van der Waals surface area contributed by atoms with E-state index in [1.165, 1.54) is 24.3 Å². The minimum Gasteiger partial charge on any atom is -0.465 e. The average Bonchev–Trinajstić information content (AvgIpc) is 2.66. The van der Waals surface area contributed by atoms with E-state index in [0.717, 1.165) is 11.6 Å². The van der Waals surface area contributed by atoms with E-state index in [9.17, 15) is 28.2 Å². The van der Waals surface area contributed by atoms with Gasteiger partial charge in [-0.1, -0.05) is 65.9 Å². The number of carboxylic acid groups (broad SMARTS) is 1. The smallest absolute Gasteiger partial charge is 0.424 e. The van der Waals surface area contributed by atoms with Crippen LogP contribution < -0.4 is 0 Å². The maximum absolute atomic E-state index is 14.5. The molecule has 29 heavy (non-hydrogen) atoms. The molecule has 4 nitrogen and oxygen atoms in total. The van der Waals surface area contributed by atoms with Crippen LogP contribution in [-0.4, -0.2) is 38.4 Å². The van der Waals surface area contributed by atoms with Crippen LogP contribution in [0.4, 0.5) is 18.0 Å². The topological polar surface area (TPSA) is 60.8 Å². The number of aryl methyl sites for hydroxylation is 1. The van der Waals surface area contributed by atoms with Crippen molar-refractivity contribution in [1.29, 1.82) is 0 Å². The van der Waals surface area contributed by atoms with Gasteiger partial charge in [0.2, 0.25) is 4.87 Å². The highest BCUT2D eigenvalue weighted by molar-refractivity contribution is 8.00. The molecule has 2 rings (SSSR count). The summed E-state index contributed by atoms with van der Waals surface area (Å²) >= 11 is 0.278. The third kappa shape index (κ3) is 5.13. The number of benzene rings is 2. The lowest BCUT2D eigenvalue weighted by Gasteiger charge is -2.45. The average molecular weight is 425 g/mol. The van der Waals surface area contributed by atoms with E-state index in [1.54, 1.807) is 37.3 Å². The highest BCUT2D eigenvalue weighted by Crippen LogP contribution is 2.51. The summed E-state index contributed by atoms with van der Waals surface area (Å²) in [6, 6.07) is 14.2. The predicted octanol–water partition coefficient (Wildman–Crippen LogP) is 5.46. The van der Waals surface area contributed by atoms with Crippen LogP contribution in [0.25, 0.3) is 0 Å². The molecule has 0 saturated carbocycles. The number of aliphatic hydroxyl groups excluding tert-OH is 1. The summed E-state index contributed by atoms with van der Waals surface area (Å²) < 4.78 is 43.5. The minimum atomic E-state index is -5.07. The number of carbonyl (C=O) groups is 1. The van der Waals surface area contributed by atoms with Crippen molar-refractivity contribution in [2.45, 2.75) is 41.9 Å². The number of alkyl halides is 3. The van der Waals surface area contributed by atoms with Gasteiger partial charge in [-0.3, -0.25) is 4.90 Å². The van der Waals surface area contributed by atoms with Crippen molar-refractivity contribution in [1.82, 2.24) is 4.90 Å². The Bertz CT molecular complexity index is 827. The fourth-order valence-electron chi connectivity index (χ4n) is 2.90. The Balaban J connectivity index is 2.64. The second-order valence-electron chi connectivity index (χ2n) is 6.50. The zero-order valence-corrected chi connectivity index (χ0v) is 16.6. The van der Waals surface area contributed by atoms with E-state index in [1.807, 2.05) is 0 Å². The van der Waals surface area contributed by atoms with Crippen molar-refractivity contribution < 1.29 is 28.2 Å². The van der Waals surface area contributed by atoms with Crippen molar-refractivity contribution in [3.63, 3.8) is 0 Å². The standard InChI is InChI=1S/C21H22F3NO3S/c1-3-7-18(26)20(21(22,23)24,29-17-12-10-15(2)11-13-17)25(19(27)28)14-16-8-5-4-6-9-16/h3-6,8-13,18,26H,1,7,14H2,2H3,(H,27,28)/t18-,20-/m1/s1. The third-order valence-corrected chi connectivity index (χ3v) is 5.90. The summed E-state index contributed by atoms with van der Waals surface area (Å²) in [5, 5.41) is 20.3. The molecule has 1 amide bonds. The van der Waals surface area contributed by atoms with E-state index in [-0.39, 0.29) is 21.6 Å². The van der Waals surface area contributed by atoms with Crippen molar-refractivity contribution in [3.8, 4) is 0 Å². The zero-order chi connectivity index (χ0) is 21.7. The summed E-state index contributed by atoms with van der Waals surface area (Å²) in [7, 11) is 0. The summed E-state index contributed by atoms with van der Waals surface area (Å²) in [4.78, 5) is 9.35. The molecule has 0 aliphatic rings. The number of hydrogen-bond donors (Lipinski definition) is 2. The van der Waals surface area contributed by atoms with Gasteiger partial charge in [0.1, 0.15) is 0 Å². The summed E-state index contributed by atoms with van der Waals surface area (Å²) in [6.07, 6.45) is -8.21. The highest BCUT2D eigenvalue weighted by Gasteiger charge is 2.65. The van der Waals surface area contributed by atoms with Crippen LogP contribution in [0, 0.1) is 6.92 Å². The minimum absolute atomic E-state index is 0.190. The molecule has 156 valence electrons. The Morgan fingerprint density at radius 1 is 1.17 bits per heavy atom. The van der Waals surface area contributed by atoms with Crippen LogP contribution in [0.2, 0.25) is 0 Å². The number of hydrogen-bond acceptors (Lipinski definition) is 3. The maximum atomic E-state index is 14.5. The normalized spacial score (nSPS) is 14.7. The molecule has 2 atom stereocenters. The Morgan fingerprint density at radius 2 is 1.76 bits per heavy atom. The van der Waals surface area contributed by atoms with Gasteiger partial charge in [0.25, 0.3) is 0 Å². The number of amides is 1. The first-order valence-electron chi connectivity index (χ1n) is 8.77. The van der Waals surface area contributed by atoms with Crippen LogP contribution in [0.5, 0.6) is 0 Å². The third-order valence-electron chi connectivity index (χ3n) is 4.36. The first-order valence-corrected chi connectivity index (χ1v) is 9.59. The number of halogens is 3. The molecule has 0 fully saturated rings. The fraction of sp³-hybridized carbons (Fsp3) is 0.286.